The summed E-state index contributed by atoms with van der Waals surface area (Å²) < 4.78 is 20.3. The van der Waals surface area contributed by atoms with Gasteiger partial charge < -0.3 is 4.74 Å². The zero-order valence-electron chi connectivity index (χ0n) is 17.1. The second-order valence-electron chi connectivity index (χ2n) is 7.59. The van der Waals surface area contributed by atoms with Crippen molar-refractivity contribution < 1.29 is 13.9 Å². The molecule has 0 atom stereocenters. The Morgan fingerprint density at radius 2 is 2.03 bits per heavy atom. The predicted molar refractivity (Wildman–Crippen MR) is 118 cm³/mol. The van der Waals surface area contributed by atoms with E-state index in [1.54, 1.807) is 24.4 Å². The van der Waals surface area contributed by atoms with Gasteiger partial charge in [-0.2, -0.15) is 0 Å². The van der Waals surface area contributed by atoms with Crippen molar-refractivity contribution in [3.05, 3.63) is 46.6 Å². The smallest absolute Gasteiger partial charge is 0.411 e. The van der Waals surface area contributed by atoms with Crippen molar-refractivity contribution >= 4 is 34.7 Å². The summed E-state index contributed by atoms with van der Waals surface area (Å²) in [6.45, 7) is 8.23. The summed E-state index contributed by atoms with van der Waals surface area (Å²) in [6.07, 6.45) is 1.52. The maximum atomic E-state index is 15.4. The molecule has 158 valence electrons. The highest BCUT2D eigenvalue weighted by Gasteiger charge is 2.26. The summed E-state index contributed by atoms with van der Waals surface area (Å²) in [5.41, 5.74) is 1.01. The van der Waals surface area contributed by atoms with Gasteiger partial charge in [0.15, 0.2) is 5.82 Å². The van der Waals surface area contributed by atoms with Gasteiger partial charge in [0.25, 0.3) is 0 Å². The molecule has 0 saturated heterocycles. The van der Waals surface area contributed by atoms with Gasteiger partial charge in [-0.1, -0.05) is 33.8 Å². The van der Waals surface area contributed by atoms with E-state index in [-0.39, 0.29) is 28.6 Å². The summed E-state index contributed by atoms with van der Waals surface area (Å²) in [7, 11) is 0. The van der Waals surface area contributed by atoms with Crippen molar-refractivity contribution in [2.45, 2.75) is 39.5 Å². The SMILES string of the molecule is CCCOC(=O)Nc1cccc(-c2nc(C(C)(C)C)sc2-c2ccnc(Cl)n2)c1F. The van der Waals surface area contributed by atoms with Crippen molar-refractivity contribution in [3.8, 4) is 21.8 Å². The van der Waals surface area contributed by atoms with E-state index in [9.17, 15) is 4.79 Å². The first-order valence-electron chi connectivity index (χ1n) is 9.43. The first kappa shape index (κ1) is 22.1. The van der Waals surface area contributed by atoms with Crippen molar-refractivity contribution in [1.82, 2.24) is 15.0 Å². The third kappa shape index (κ3) is 4.94. The van der Waals surface area contributed by atoms with Gasteiger partial charge in [0.05, 0.1) is 33.6 Å². The monoisotopic (exact) mass is 448 g/mol. The molecule has 3 rings (SSSR count). The summed E-state index contributed by atoms with van der Waals surface area (Å²) in [6, 6.07) is 6.45. The Morgan fingerprint density at radius 3 is 2.70 bits per heavy atom. The quantitative estimate of drug-likeness (QED) is 0.462. The molecule has 9 heteroatoms. The third-order valence-corrected chi connectivity index (χ3v) is 5.74. The van der Waals surface area contributed by atoms with Gasteiger partial charge in [0.1, 0.15) is 0 Å². The van der Waals surface area contributed by atoms with E-state index >= 15 is 4.39 Å². The molecule has 0 spiro atoms. The number of aromatic nitrogens is 3. The molecule has 0 fully saturated rings. The minimum absolute atomic E-state index is 0.0191. The largest absolute Gasteiger partial charge is 0.449 e. The lowest BCUT2D eigenvalue weighted by atomic mass is 9.98. The average Bonchev–Trinajstić information content (AvgIpc) is 3.14. The topological polar surface area (TPSA) is 77.0 Å². The number of hydrogen-bond acceptors (Lipinski definition) is 6. The number of carbonyl (C=O) groups is 1. The number of carbonyl (C=O) groups excluding carboxylic acids is 1. The Balaban J connectivity index is 2.10. The minimum Gasteiger partial charge on any atom is -0.449 e. The Hall–Kier alpha value is -2.58. The van der Waals surface area contributed by atoms with Gasteiger partial charge in [0, 0.05) is 17.2 Å². The number of nitrogens with one attached hydrogen (secondary N) is 1. The summed E-state index contributed by atoms with van der Waals surface area (Å²) in [5.74, 6) is -0.599. The highest BCUT2D eigenvalue weighted by atomic mass is 35.5. The zero-order chi connectivity index (χ0) is 21.9. The van der Waals surface area contributed by atoms with E-state index in [0.717, 1.165) is 5.01 Å². The zero-order valence-corrected chi connectivity index (χ0v) is 18.7. The number of amides is 1. The van der Waals surface area contributed by atoms with Crippen LogP contribution in [-0.2, 0) is 10.2 Å². The molecule has 30 heavy (non-hydrogen) atoms. The molecule has 1 amide bonds. The van der Waals surface area contributed by atoms with Crippen molar-refractivity contribution in [1.29, 1.82) is 0 Å². The molecule has 1 N–H and O–H groups in total. The summed E-state index contributed by atoms with van der Waals surface area (Å²) in [4.78, 5) is 25.5. The number of rotatable bonds is 5. The number of nitrogens with zero attached hydrogens (tertiary/aromatic N) is 3. The van der Waals surface area contributed by atoms with Gasteiger partial charge in [-0.25, -0.2) is 24.1 Å². The highest BCUT2D eigenvalue weighted by Crippen LogP contribution is 2.41. The third-order valence-electron chi connectivity index (χ3n) is 4.06. The molecule has 2 aromatic heterocycles. The molecule has 2 heterocycles. The molecular formula is C21H22ClFN4O2S. The van der Waals surface area contributed by atoms with Crippen LogP contribution in [0.4, 0.5) is 14.9 Å². The van der Waals surface area contributed by atoms with Crippen molar-refractivity contribution in [3.63, 3.8) is 0 Å². The first-order valence-corrected chi connectivity index (χ1v) is 10.6. The number of halogens is 2. The van der Waals surface area contributed by atoms with Gasteiger partial charge in [0.2, 0.25) is 5.28 Å². The molecule has 3 aromatic rings. The van der Waals surface area contributed by atoms with Crippen LogP contribution in [0.2, 0.25) is 5.28 Å². The number of hydrogen-bond donors (Lipinski definition) is 1. The van der Waals surface area contributed by atoms with Gasteiger partial charge in [-0.15, -0.1) is 11.3 Å². The van der Waals surface area contributed by atoms with Crippen LogP contribution in [0.3, 0.4) is 0 Å². The molecule has 6 nitrogen and oxygen atoms in total. The van der Waals surface area contributed by atoms with E-state index in [4.69, 9.17) is 21.3 Å². The number of ether oxygens (including phenoxy) is 1. The Bertz CT molecular complexity index is 1070. The summed E-state index contributed by atoms with van der Waals surface area (Å²) in [5, 5.41) is 3.37. The van der Waals surface area contributed by atoms with E-state index in [1.807, 2.05) is 27.7 Å². The molecule has 0 unspecified atom stereocenters. The molecule has 0 saturated carbocycles. The van der Waals surface area contributed by atoms with Crippen LogP contribution in [0.25, 0.3) is 21.8 Å². The number of thiazole rings is 1. The number of benzene rings is 1. The molecule has 0 radical (unpaired) electrons. The van der Waals surface area contributed by atoms with Crippen LogP contribution in [-0.4, -0.2) is 27.7 Å². The second kappa shape index (κ2) is 9.06. The van der Waals surface area contributed by atoms with Crippen LogP contribution in [0.15, 0.2) is 30.5 Å². The molecule has 0 aliphatic heterocycles. The van der Waals surface area contributed by atoms with Crippen LogP contribution < -0.4 is 5.32 Å². The fraction of sp³-hybridized carbons (Fsp3) is 0.333. The van der Waals surface area contributed by atoms with Gasteiger partial charge >= 0.3 is 6.09 Å². The lowest BCUT2D eigenvalue weighted by Gasteiger charge is -2.13. The van der Waals surface area contributed by atoms with Gasteiger partial charge in [-0.3, -0.25) is 5.32 Å². The highest BCUT2D eigenvalue weighted by molar-refractivity contribution is 7.15. The normalized spacial score (nSPS) is 11.4. The minimum atomic E-state index is -0.704. The van der Waals surface area contributed by atoms with Crippen LogP contribution >= 0.6 is 22.9 Å². The maximum absolute atomic E-state index is 15.4. The molecule has 0 aliphatic carbocycles. The number of anilines is 1. The lowest BCUT2D eigenvalue weighted by Crippen LogP contribution is -2.15. The Kier molecular flexibility index (Phi) is 6.67. The maximum Gasteiger partial charge on any atom is 0.411 e. The van der Waals surface area contributed by atoms with Crippen LogP contribution in [0, 0.1) is 5.82 Å². The first-order chi connectivity index (χ1) is 14.2. The van der Waals surface area contributed by atoms with E-state index < -0.39 is 11.9 Å². The predicted octanol–water partition coefficient (Wildman–Crippen LogP) is 6.32. The van der Waals surface area contributed by atoms with E-state index in [0.29, 0.717) is 22.7 Å². The second-order valence-corrected chi connectivity index (χ2v) is 8.92. The average molecular weight is 449 g/mol. The molecule has 0 aliphatic rings. The summed E-state index contributed by atoms with van der Waals surface area (Å²) >= 11 is 7.40. The molecule has 1 aromatic carbocycles. The fourth-order valence-electron chi connectivity index (χ4n) is 2.61. The van der Waals surface area contributed by atoms with Crippen molar-refractivity contribution in [2.75, 3.05) is 11.9 Å². The van der Waals surface area contributed by atoms with Crippen molar-refractivity contribution in [2.24, 2.45) is 0 Å². The van der Waals surface area contributed by atoms with E-state index in [1.165, 1.54) is 17.4 Å². The van der Waals surface area contributed by atoms with E-state index in [2.05, 4.69) is 15.3 Å². The van der Waals surface area contributed by atoms with Crippen LogP contribution in [0.1, 0.15) is 39.1 Å². The Labute approximate surface area is 183 Å². The molecular weight excluding hydrogens is 427 g/mol. The van der Waals surface area contributed by atoms with Crippen LogP contribution in [0.5, 0.6) is 0 Å². The van der Waals surface area contributed by atoms with Gasteiger partial charge in [-0.05, 0) is 36.2 Å². The molecule has 0 bridgehead atoms. The standard InChI is InChI=1S/C21H22ClFN4O2S/c1-5-11-29-20(28)26-13-8-6-7-12(15(13)23)16-17(14-9-10-24-19(22)25-14)30-18(27-16)21(2,3)4/h6-10H,5,11H2,1-4H3,(H,26,28). The fourth-order valence-corrected chi connectivity index (χ4v) is 3.87. The lowest BCUT2D eigenvalue weighted by molar-refractivity contribution is 0.161. The Morgan fingerprint density at radius 1 is 1.27 bits per heavy atom.